The summed E-state index contributed by atoms with van der Waals surface area (Å²) in [5.74, 6) is 0.720. The molecule has 7 heteroatoms. The quantitative estimate of drug-likeness (QED) is 0.590. The first-order valence-corrected chi connectivity index (χ1v) is 9.92. The number of hydrogen-bond donors (Lipinski definition) is 0. The lowest BCUT2D eigenvalue weighted by Crippen LogP contribution is -2.30. The molecule has 134 valence electrons. The van der Waals surface area contributed by atoms with Gasteiger partial charge in [0, 0.05) is 24.7 Å². The number of benzene rings is 1. The maximum atomic E-state index is 12.9. The Morgan fingerprint density at radius 3 is 2.72 bits per heavy atom. The number of likely N-dealkylation sites (tertiary alicyclic amines) is 1. The second kappa shape index (κ2) is 7.79. The van der Waals surface area contributed by atoms with E-state index in [4.69, 9.17) is 11.6 Å². The second-order valence-electron chi connectivity index (χ2n) is 6.74. The molecule has 5 nitrogen and oxygen atoms in total. The summed E-state index contributed by atoms with van der Waals surface area (Å²) in [6.07, 6.45) is 2.15. The van der Waals surface area contributed by atoms with E-state index in [0.29, 0.717) is 39.3 Å². The Hall–Kier alpha value is -1.53. The Kier molecular flexibility index (Phi) is 5.69. The number of hydrogen-bond acceptors (Lipinski definition) is 4. The Morgan fingerprint density at radius 1 is 1.32 bits per heavy atom. The first-order chi connectivity index (χ1) is 12.0. The summed E-state index contributed by atoms with van der Waals surface area (Å²) in [6.45, 7) is 6.34. The summed E-state index contributed by atoms with van der Waals surface area (Å²) < 4.78 is 1.67. The molecule has 1 aromatic heterocycles. The van der Waals surface area contributed by atoms with Crippen molar-refractivity contribution in [3.05, 3.63) is 33.6 Å². The summed E-state index contributed by atoms with van der Waals surface area (Å²) in [5.41, 5.74) is 0.517. The van der Waals surface area contributed by atoms with E-state index < -0.39 is 0 Å². The lowest BCUT2D eigenvalue weighted by atomic mass is 10.2. The highest BCUT2D eigenvalue weighted by atomic mass is 35.5. The van der Waals surface area contributed by atoms with Crippen LogP contribution in [-0.2, 0) is 11.3 Å². The molecular formula is C18H22ClN3O2S. The van der Waals surface area contributed by atoms with Gasteiger partial charge in [-0.2, -0.15) is 0 Å². The third-order valence-corrected chi connectivity index (χ3v) is 5.41. The number of carbonyl (C=O) groups excluding carboxylic acids is 1. The number of amides is 1. The van der Waals surface area contributed by atoms with Crippen LogP contribution in [0.15, 0.2) is 28.2 Å². The van der Waals surface area contributed by atoms with Crippen molar-refractivity contribution in [2.24, 2.45) is 5.92 Å². The van der Waals surface area contributed by atoms with E-state index >= 15 is 0 Å². The highest BCUT2D eigenvalue weighted by molar-refractivity contribution is 7.99. The van der Waals surface area contributed by atoms with Crippen molar-refractivity contribution in [1.29, 1.82) is 0 Å². The van der Waals surface area contributed by atoms with Gasteiger partial charge >= 0.3 is 0 Å². The van der Waals surface area contributed by atoms with Crippen LogP contribution in [-0.4, -0.2) is 39.2 Å². The van der Waals surface area contributed by atoms with E-state index in [9.17, 15) is 9.59 Å². The highest BCUT2D eigenvalue weighted by Crippen LogP contribution is 2.22. The zero-order valence-electron chi connectivity index (χ0n) is 14.5. The Labute approximate surface area is 156 Å². The number of halogens is 1. The molecule has 0 unspecified atom stereocenters. The third-order valence-electron chi connectivity index (χ3n) is 4.21. The minimum atomic E-state index is -0.0997. The normalized spacial score (nSPS) is 14.6. The average Bonchev–Trinajstić information content (AvgIpc) is 3.10. The van der Waals surface area contributed by atoms with E-state index in [0.717, 1.165) is 25.9 Å². The number of fused-ring (bicyclic) bond motifs is 1. The molecule has 3 rings (SSSR count). The lowest BCUT2D eigenvalue weighted by molar-refractivity contribution is -0.127. The molecule has 0 aliphatic carbocycles. The second-order valence-corrected chi connectivity index (χ2v) is 8.12. The van der Waals surface area contributed by atoms with Gasteiger partial charge in [-0.05, 0) is 37.0 Å². The molecule has 1 aliphatic heterocycles. The molecule has 1 saturated heterocycles. The SMILES string of the molecule is CC(C)Cn1c(SCC(=O)N2CCCC2)nc2ccc(Cl)cc2c1=O. The van der Waals surface area contributed by atoms with Crippen LogP contribution in [0.5, 0.6) is 0 Å². The fraction of sp³-hybridized carbons (Fsp3) is 0.500. The number of nitrogens with zero attached hydrogens (tertiary/aromatic N) is 3. The highest BCUT2D eigenvalue weighted by Gasteiger charge is 2.20. The first-order valence-electron chi connectivity index (χ1n) is 8.56. The van der Waals surface area contributed by atoms with Crippen molar-refractivity contribution in [2.45, 2.75) is 38.4 Å². The Balaban J connectivity index is 1.93. The zero-order valence-corrected chi connectivity index (χ0v) is 16.1. The van der Waals surface area contributed by atoms with Crippen molar-refractivity contribution in [1.82, 2.24) is 14.5 Å². The molecule has 0 N–H and O–H groups in total. The number of rotatable bonds is 5. The van der Waals surface area contributed by atoms with Crippen molar-refractivity contribution in [2.75, 3.05) is 18.8 Å². The molecule has 25 heavy (non-hydrogen) atoms. The van der Waals surface area contributed by atoms with E-state index in [2.05, 4.69) is 18.8 Å². The molecule has 1 amide bonds. The van der Waals surface area contributed by atoms with Gasteiger partial charge in [0.1, 0.15) is 0 Å². The summed E-state index contributed by atoms with van der Waals surface area (Å²) >= 11 is 7.38. The van der Waals surface area contributed by atoms with Gasteiger partial charge in [-0.1, -0.05) is 37.2 Å². The molecule has 0 saturated carbocycles. The first kappa shape index (κ1) is 18.3. The number of thioether (sulfide) groups is 1. The van der Waals surface area contributed by atoms with Crippen LogP contribution in [0.2, 0.25) is 5.02 Å². The van der Waals surface area contributed by atoms with Gasteiger partial charge in [-0.25, -0.2) is 4.98 Å². The van der Waals surface area contributed by atoms with Gasteiger partial charge in [0.2, 0.25) is 5.91 Å². The van der Waals surface area contributed by atoms with Crippen LogP contribution in [0.25, 0.3) is 10.9 Å². The van der Waals surface area contributed by atoms with Gasteiger partial charge in [0.15, 0.2) is 5.16 Å². The summed E-state index contributed by atoms with van der Waals surface area (Å²) in [5, 5.41) is 1.64. The topological polar surface area (TPSA) is 55.2 Å². The van der Waals surface area contributed by atoms with Crippen LogP contribution in [0.3, 0.4) is 0 Å². The van der Waals surface area contributed by atoms with E-state index in [1.807, 2.05) is 4.90 Å². The average molecular weight is 380 g/mol. The molecule has 0 bridgehead atoms. The summed E-state index contributed by atoms with van der Waals surface area (Å²) in [7, 11) is 0. The number of aromatic nitrogens is 2. The van der Waals surface area contributed by atoms with Crippen molar-refractivity contribution < 1.29 is 4.79 Å². The van der Waals surface area contributed by atoms with Crippen LogP contribution in [0.4, 0.5) is 0 Å². The van der Waals surface area contributed by atoms with Crippen LogP contribution in [0.1, 0.15) is 26.7 Å². The molecule has 2 heterocycles. The minimum absolute atomic E-state index is 0.0997. The van der Waals surface area contributed by atoms with E-state index in [1.165, 1.54) is 11.8 Å². The van der Waals surface area contributed by atoms with Crippen LogP contribution < -0.4 is 5.56 Å². The van der Waals surface area contributed by atoms with Crippen molar-refractivity contribution in [3.63, 3.8) is 0 Å². The standard InChI is InChI=1S/C18H22ClN3O2S/c1-12(2)10-22-17(24)14-9-13(19)5-6-15(14)20-18(22)25-11-16(23)21-7-3-4-8-21/h5-6,9,12H,3-4,7-8,10-11H2,1-2H3. The molecule has 2 aromatic rings. The Bertz CT molecular complexity index is 844. The van der Waals surface area contributed by atoms with Crippen LogP contribution in [0, 0.1) is 5.92 Å². The molecule has 1 aromatic carbocycles. The molecule has 0 atom stereocenters. The van der Waals surface area contributed by atoms with Gasteiger partial charge in [-0.3, -0.25) is 14.2 Å². The van der Waals surface area contributed by atoms with E-state index in [1.54, 1.807) is 22.8 Å². The van der Waals surface area contributed by atoms with Crippen molar-refractivity contribution >= 4 is 40.2 Å². The molecule has 0 radical (unpaired) electrons. The fourth-order valence-electron chi connectivity index (χ4n) is 2.99. The monoisotopic (exact) mass is 379 g/mol. The van der Waals surface area contributed by atoms with Gasteiger partial charge in [-0.15, -0.1) is 0 Å². The van der Waals surface area contributed by atoms with Crippen LogP contribution >= 0.6 is 23.4 Å². The maximum Gasteiger partial charge on any atom is 0.262 e. The Morgan fingerprint density at radius 2 is 2.04 bits per heavy atom. The van der Waals surface area contributed by atoms with Gasteiger partial charge in [0.05, 0.1) is 16.7 Å². The van der Waals surface area contributed by atoms with Gasteiger partial charge in [0.25, 0.3) is 5.56 Å². The summed E-state index contributed by atoms with van der Waals surface area (Å²) in [6, 6.07) is 5.14. The largest absolute Gasteiger partial charge is 0.342 e. The predicted octanol–water partition coefficient (Wildman–Crippen LogP) is 3.42. The lowest BCUT2D eigenvalue weighted by Gasteiger charge is -2.17. The number of carbonyl (C=O) groups is 1. The smallest absolute Gasteiger partial charge is 0.262 e. The molecule has 1 fully saturated rings. The molecular weight excluding hydrogens is 358 g/mol. The summed E-state index contributed by atoms with van der Waals surface area (Å²) in [4.78, 5) is 31.7. The van der Waals surface area contributed by atoms with Crippen molar-refractivity contribution in [3.8, 4) is 0 Å². The molecule has 0 spiro atoms. The third kappa shape index (κ3) is 4.18. The predicted molar refractivity (Wildman–Crippen MR) is 102 cm³/mol. The maximum absolute atomic E-state index is 12.9. The minimum Gasteiger partial charge on any atom is -0.342 e. The van der Waals surface area contributed by atoms with E-state index in [-0.39, 0.29) is 11.5 Å². The van der Waals surface area contributed by atoms with Gasteiger partial charge < -0.3 is 4.90 Å². The molecule has 1 aliphatic rings. The zero-order chi connectivity index (χ0) is 18.0. The fourth-order valence-corrected chi connectivity index (χ4v) is 4.08.